The van der Waals surface area contributed by atoms with Crippen molar-refractivity contribution in [2.75, 3.05) is 13.2 Å². The summed E-state index contributed by atoms with van der Waals surface area (Å²) in [6.45, 7) is 0.556. The van der Waals surface area contributed by atoms with Crippen LogP contribution < -0.4 is 11.1 Å². The van der Waals surface area contributed by atoms with Crippen LogP contribution in [0.15, 0.2) is 12.2 Å². The highest BCUT2D eigenvalue weighted by molar-refractivity contribution is 5.68. The Labute approximate surface area is 123 Å². The molecule has 0 atom stereocenters. The minimum atomic E-state index is -1.37. The van der Waals surface area contributed by atoms with E-state index in [4.69, 9.17) is 10.5 Å². The van der Waals surface area contributed by atoms with E-state index in [0.29, 0.717) is 32.2 Å². The Morgan fingerprint density at radius 3 is 2.29 bits per heavy atom. The first-order chi connectivity index (χ1) is 9.93. The number of carbonyl (C=O) groups is 1. The molecule has 0 unspecified atom stereocenters. The van der Waals surface area contributed by atoms with Gasteiger partial charge in [0.1, 0.15) is 17.9 Å². The largest absolute Gasteiger partial charge is 0.445 e. The molecule has 0 aromatic carbocycles. The lowest BCUT2D eigenvalue weighted by molar-refractivity contribution is -0.147. The molecule has 4 bridgehead atoms. The molecular formula is C15H22F2N2O2. The summed E-state index contributed by atoms with van der Waals surface area (Å²) < 4.78 is 34.1. The molecule has 4 aliphatic rings. The van der Waals surface area contributed by atoms with Crippen molar-refractivity contribution >= 4 is 6.09 Å². The summed E-state index contributed by atoms with van der Waals surface area (Å²) in [4.78, 5) is 11.8. The smallest absolute Gasteiger partial charge is 0.407 e. The summed E-state index contributed by atoms with van der Waals surface area (Å²) in [5.41, 5.74) is 2.55. The van der Waals surface area contributed by atoms with Crippen molar-refractivity contribution < 1.29 is 18.3 Å². The van der Waals surface area contributed by atoms with Crippen LogP contribution in [-0.2, 0) is 4.74 Å². The van der Waals surface area contributed by atoms with E-state index in [2.05, 4.69) is 5.32 Å². The molecule has 0 spiro atoms. The molecule has 118 valence electrons. The quantitative estimate of drug-likeness (QED) is 0.783. The van der Waals surface area contributed by atoms with Gasteiger partial charge in [-0.2, -0.15) is 0 Å². The van der Waals surface area contributed by atoms with Gasteiger partial charge >= 0.3 is 6.09 Å². The van der Waals surface area contributed by atoms with Crippen molar-refractivity contribution in [1.82, 2.24) is 5.32 Å². The zero-order chi connectivity index (χ0) is 15.1. The van der Waals surface area contributed by atoms with Crippen molar-refractivity contribution in [3.63, 3.8) is 0 Å². The van der Waals surface area contributed by atoms with Gasteiger partial charge in [-0.3, -0.25) is 0 Å². The number of ether oxygens (including phenoxy) is 1. The molecule has 4 rings (SSSR count). The molecule has 4 fully saturated rings. The van der Waals surface area contributed by atoms with Crippen molar-refractivity contribution in [1.29, 1.82) is 0 Å². The van der Waals surface area contributed by atoms with E-state index in [-0.39, 0.29) is 30.9 Å². The number of hydrogen-bond donors (Lipinski definition) is 2. The van der Waals surface area contributed by atoms with E-state index >= 15 is 0 Å². The maximum atomic E-state index is 14.5. The van der Waals surface area contributed by atoms with Gasteiger partial charge in [-0.1, -0.05) is 6.08 Å². The normalized spacial score (nSPS) is 44.2. The molecule has 4 nitrogen and oxygen atoms in total. The summed E-state index contributed by atoms with van der Waals surface area (Å²) in [5, 5.41) is 2.81. The third-order valence-electron chi connectivity index (χ3n) is 5.06. The van der Waals surface area contributed by atoms with Gasteiger partial charge in [0.15, 0.2) is 0 Å². The van der Waals surface area contributed by atoms with E-state index < -0.39 is 17.4 Å². The first kappa shape index (κ1) is 14.8. The average molecular weight is 300 g/mol. The zero-order valence-electron chi connectivity index (χ0n) is 12.0. The fraction of sp³-hybridized carbons (Fsp3) is 0.800. The molecule has 0 aromatic heterocycles. The maximum absolute atomic E-state index is 14.5. The number of alkyl carbamates (subject to hydrolysis) is 1. The summed E-state index contributed by atoms with van der Waals surface area (Å²) >= 11 is 0. The number of halogens is 2. The van der Waals surface area contributed by atoms with Crippen LogP contribution in [-0.4, -0.2) is 36.6 Å². The van der Waals surface area contributed by atoms with Crippen LogP contribution in [0.2, 0.25) is 0 Å². The molecule has 21 heavy (non-hydrogen) atoms. The molecule has 0 heterocycles. The van der Waals surface area contributed by atoms with E-state index in [1.165, 1.54) is 0 Å². The molecule has 0 saturated heterocycles. The predicted octanol–water partition coefficient (Wildman–Crippen LogP) is 2.24. The molecule has 4 aliphatic carbocycles. The lowest BCUT2D eigenvalue weighted by Crippen LogP contribution is -2.64. The van der Waals surface area contributed by atoms with Crippen LogP contribution in [0, 0.1) is 11.8 Å². The zero-order valence-corrected chi connectivity index (χ0v) is 12.0. The highest BCUT2D eigenvalue weighted by Crippen LogP contribution is 2.60. The lowest BCUT2D eigenvalue weighted by atomic mass is 9.51. The van der Waals surface area contributed by atoms with E-state index in [1.54, 1.807) is 12.2 Å². The number of carbonyl (C=O) groups excluding carboxylic acids is 1. The summed E-state index contributed by atoms with van der Waals surface area (Å²) in [5.74, 6) is -0.234. The van der Waals surface area contributed by atoms with Crippen molar-refractivity contribution in [2.45, 2.75) is 49.5 Å². The molecule has 3 N–H and O–H groups in total. The van der Waals surface area contributed by atoms with Crippen molar-refractivity contribution in [3.8, 4) is 0 Å². The number of amides is 1. The van der Waals surface area contributed by atoms with Gasteiger partial charge in [0.2, 0.25) is 0 Å². The van der Waals surface area contributed by atoms with Crippen LogP contribution in [0.25, 0.3) is 0 Å². The standard InChI is InChI=1S/C15H22F2N2O2/c16-14-5-10-6-15(17,9-14)8-11(7-14)12(10)19-13(20)21-4-2-1-3-18/h1-2,10-12H,3-9,18H2,(H,19,20)/b2-1+. The van der Waals surface area contributed by atoms with Gasteiger partial charge in [-0.05, 0) is 43.6 Å². The number of hydrogen-bond acceptors (Lipinski definition) is 3. The third-order valence-corrected chi connectivity index (χ3v) is 5.06. The van der Waals surface area contributed by atoms with E-state index in [9.17, 15) is 13.6 Å². The molecular weight excluding hydrogens is 278 g/mol. The van der Waals surface area contributed by atoms with Gasteiger partial charge in [0, 0.05) is 19.0 Å². The Morgan fingerprint density at radius 1 is 1.19 bits per heavy atom. The summed E-state index contributed by atoms with van der Waals surface area (Å²) in [7, 11) is 0. The molecule has 0 radical (unpaired) electrons. The Bertz CT molecular complexity index is 419. The van der Waals surface area contributed by atoms with E-state index in [0.717, 1.165) is 0 Å². The fourth-order valence-corrected chi connectivity index (χ4v) is 4.64. The second-order valence-electron chi connectivity index (χ2n) is 6.79. The molecule has 0 aromatic rings. The molecule has 4 saturated carbocycles. The van der Waals surface area contributed by atoms with Gasteiger partial charge in [-0.15, -0.1) is 0 Å². The van der Waals surface area contributed by atoms with Gasteiger partial charge < -0.3 is 15.8 Å². The monoisotopic (exact) mass is 300 g/mol. The highest BCUT2D eigenvalue weighted by Gasteiger charge is 2.62. The van der Waals surface area contributed by atoms with Crippen LogP contribution >= 0.6 is 0 Å². The summed E-state index contributed by atoms with van der Waals surface area (Å²) in [6, 6.07) is -0.163. The van der Waals surface area contributed by atoms with Crippen LogP contribution in [0.1, 0.15) is 32.1 Å². The number of rotatable bonds is 4. The first-order valence-corrected chi connectivity index (χ1v) is 7.59. The lowest BCUT2D eigenvalue weighted by Gasteiger charge is -2.58. The Kier molecular flexibility index (Phi) is 3.67. The predicted molar refractivity (Wildman–Crippen MR) is 74.2 cm³/mol. The minimum Gasteiger partial charge on any atom is -0.445 e. The third kappa shape index (κ3) is 2.91. The topological polar surface area (TPSA) is 64.3 Å². The fourth-order valence-electron chi connectivity index (χ4n) is 4.64. The number of nitrogens with two attached hydrogens (primary N) is 1. The SMILES string of the molecule is NC/C=C/COC(=O)NC1C2CC3(F)CC1CC(F)(C2)C3. The number of alkyl halides is 2. The maximum Gasteiger partial charge on any atom is 0.407 e. The van der Waals surface area contributed by atoms with E-state index in [1.807, 2.05) is 0 Å². The Morgan fingerprint density at radius 2 is 1.76 bits per heavy atom. The van der Waals surface area contributed by atoms with Gasteiger partial charge in [0.05, 0.1) is 0 Å². The average Bonchev–Trinajstić information content (AvgIpc) is 2.36. The van der Waals surface area contributed by atoms with Crippen LogP contribution in [0.5, 0.6) is 0 Å². The van der Waals surface area contributed by atoms with Crippen molar-refractivity contribution in [3.05, 3.63) is 12.2 Å². The second-order valence-corrected chi connectivity index (χ2v) is 6.79. The Balaban J connectivity index is 1.58. The highest BCUT2D eigenvalue weighted by atomic mass is 19.2. The first-order valence-electron chi connectivity index (χ1n) is 7.59. The summed E-state index contributed by atoms with van der Waals surface area (Å²) in [6.07, 6.45) is 4.31. The molecule has 0 aliphatic heterocycles. The van der Waals surface area contributed by atoms with Gasteiger partial charge in [0.25, 0.3) is 0 Å². The van der Waals surface area contributed by atoms with Crippen molar-refractivity contribution in [2.24, 2.45) is 17.6 Å². The second kappa shape index (κ2) is 5.23. The molecule has 6 heteroatoms. The van der Waals surface area contributed by atoms with Crippen LogP contribution in [0.4, 0.5) is 13.6 Å². The molecule has 1 amide bonds. The number of nitrogens with one attached hydrogen (secondary N) is 1. The van der Waals surface area contributed by atoms with Gasteiger partial charge in [-0.25, -0.2) is 13.6 Å². The van der Waals surface area contributed by atoms with Crippen LogP contribution in [0.3, 0.4) is 0 Å². The minimum absolute atomic E-state index is 0.0358. The Hall–Kier alpha value is -1.17.